The lowest BCUT2D eigenvalue weighted by Gasteiger charge is -2.30. The predicted molar refractivity (Wildman–Crippen MR) is 163 cm³/mol. The Morgan fingerprint density at radius 2 is 1.76 bits per heavy atom. The van der Waals surface area contributed by atoms with Gasteiger partial charge in [-0.3, -0.25) is 9.62 Å². The molecule has 1 aliphatic rings. The molecule has 0 aliphatic carbocycles. The molecule has 41 heavy (non-hydrogen) atoms. The first-order valence-corrected chi connectivity index (χ1v) is 15.4. The van der Waals surface area contributed by atoms with Crippen molar-refractivity contribution in [3.63, 3.8) is 0 Å². The van der Waals surface area contributed by atoms with E-state index in [-0.39, 0.29) is 30.4 Å². The van der Waals surface area contributed by atoms with Gasteiger partial charge in [-0.1, -0.05) is 36.4 Å². The van der Waals surface area contributed by atoms with E-state index in [0.29, 0.717) is 43.1 Å². The summed E-state index contributed by atoms with van der Waals surface area (Å²) in [6, 6.07) is 21.8. The Kier molecular flexibility index (Phi) is 9.42. The van der Waals surface area contributed by atoms with Crippen LogP contribution in [-0.4, -0.2) is 62.4 Å². The third kappa shape index (κ3) is 8.59. The molecule has 11 heteroatoms. The summed E-state index contributed by atoms with van der Waals surface area (Å²) < 4.78 is 32.4. The van der Waals surface area contributed by atoms with Gasteiger partial charge in [0.05, 0.1) is 18.0 Å². The van der Waals surface area contributed by atoms with Crippen molar-refractivity contribution in [2.24, 2.45) is 0 Å². The Hall–Kier alpha value is -3.80. The van der Waals surface area contributed by atoms with Gasteiger partial charge in [0.1, 0.15) is 12.4 Å². The van der Waals surface area contributed by atoms with Crippen LogP contribution in [0.15, 0.2) is 72.8 Å². The molecule has 3 aromatic carbocycles. The van der Waals surface area contributed by atoms with Crippen molar-refractivity contribution < 1.29 is 23.1 Å². The van der Waals surface area contributed by atoms with Crippen molar-refractivity contribution in [2.45, 2.75) is 38.5 Å². The molecule has 5 N–H and O–H groups in total. The number of β-amino-alcohol motifs (C(OH)–C–C–N with tert-alkyl or cyclic N) is 1. The normalized spacial score (nSPS) is 14.8. The van der Waals surface area contributed by atoms with E-state index in [2.05, 4.69) is 10.0 Å². The summed E-state index contributed by atoms with van der Waals surface area (Å²) in [6.45, 7) is 6.37. The monoisotopic (exact) mass is 581 g/mol. The molecule has 1 unspecified atom stereocenters. The van der Waals surface area contributed by atoms with Gasteiger partial charge >= 0.3 is 6.03 Å². The second-order valence-corrected chi connectivity index (χ2v) is 12.7. The highest BCUT2D eigenvalue weighted by molar-refractivity contribution is 7.92. The zero-order valence-electron chi connectivity index (χ0n) is 23.7. The van der Waals surface area contributed by atoms with Gasteiger partial charge in [-0.2, -0.15) is 0 Å². The summed E-state index contributed by atoms with van der Waals surface area (Å²) in [5, 5.41) is 14.3. The summed E-state index contributed by atoms with van der Waals surface area (Å²) in [7, 11) is -3.57. The lowest BCUT2D eigenvalue weighted by atomic mass is 9.99. The maximum Gasteiger partial charge on any atom is 0.324 e. The number of aliphatic hydroxyl groups is 1. The Morgan fingerprint density at radius 1 is 1.05 bits per heavy atom. The first-order valence-electron chi connectivity index (χ1n) is 13.5. The van der Waals surface area contributed by atoms with Crippen molar-refractivity contribution in [2.75, 3.05) is 47.8 Å². The molecule has 1 fully saturated rings. The van der Waals surface area contributed by atoms with Gasteiger partial charge in [0.25, 0.3) is 0 Å². The number of nitrogens with two attached hydrogens (primary N) is 1. The second-order valence-electron chi connectivity index (χ2n) is 10.9. The number of carbonyl (C=O) groups is 1. The van der Waals surface area contributed by atoms with E-state index in [1.165, 1.54) is 0 Å². The number of carbonyl (C=O) groups excluding carboxylic acids is 1. The average Bonchev–Trinajstić information content (AvgIpc) is 3.30. The van der Waals surface area contributed by atoms with Crippen molar-refractivity contribution in [1.82, 2.24) is 10.2 Å². The van der Waals surface area contributed by atoms with Crippen molar-refractivity contribution in [3.05, 3.63) is 83.9 Å². The third-order valence-electron chi connectivity index (χ3n) is 7.00. The SMILES string of the molecule is CC(C)(CCN1CCN(c2ccc(N)cc2)C1=O)NCC(O)c1ccc(OCc2ccccc2)c(NS(C)(=O)=O)c1. The Morgan fingerprint density at radius 3 is 2.44 bits per heavy atom. The molecule has 3 aromatic rings. The fourth-order valence-electron chi connectivity index (χ4n) is 4.57. The third-order valence-corrected chi connectivity index (χ3v) is 7.59. The van der Waals surface area contributed by atoms with Crippen LogP contribution in [0.2, 0.25) is 0 Å². The average molecular weight is 582 g/mol. The molecule has 1 aliphatic heterocycles. The van der Waals surface area contributed by atoms with Gasteiger partial charge in [-0.15, -0.1) is 0 Å². The van der Waals surface area contributed by atoms with E-state index >= 15 is 0 Å². The van der Waals surface area contributed by atoms with Gasteiger partial charge in [0.15, 0.2) is 0 Å². The minimum atomic E-state index is -3.57. The Balaban J connectivity index is 1.33. The molecular formula is C30H39N5O5S. The number of hydrogen-bond acceptors (Lipinski definition) is 7. The van der Waals surface area contributed by atoms with Crippen molar-refractivity contribution >= 4 is 33.1 Å². The molecule has 0 radical (unpaired) electrons. The number of amides is 2. The Labute approximate surface area is 242 Å². The maximum atomic E-state index is 12.9. The number of benzene rings is 3. The van der Waals surface area contributed by atoms with E-state index < -0.39 is 16.1 Å². The van der Waals surface area contributed by atoms with Gasteiger partial charge in [0.2, 0.25) is 10.0 Å². The summed E-state index contributed by atoms with van der Waals surface area (Å²) >= 11 is 0. The second kappa shape index (κ2) is 12.8. The highest BCUT2D eigenvalue weighted by Gasteiger charge is 2.31. The van der Waals surface area contributed by atoms with Crippen LogP contribution in [0.4, 0.5) is 21.9 Å². The maximum absolute atomic E-state index is 12.9. The summed E-state index contributed by atoms with van der Waals surface area (Å²) in [5.74, 6) is 0.367. The number of aliphatic hydroxyl groups excluding tert-OH is 1. The molecule has 1 saturated heterocycles. The van der Waals surface area contributed by atoms with E-state index in [4.69, 9.17) is 10.5 Å². The zero-order valence-corrected chi connectivity index (χ0v) is 24.5. The number of ether oxygens (including phenoxy) is 1. The van der Waals surface area contributed by atoms with Gasteiger partial charge in [-0.05, 0) is 67.8 Å². The number of urea groups is 1. The smallest absolute Gasteiger partial charge is 0.324 e. The van der Waals surface area contributed by atoms with E-state index in [1.54, 1.807) is 35.2 Å². The fraction of sp³-hybridized carbons (Fsp3) is 0.367. The molecule has 0 saturated carbocycles. The standard InChI is InChI=1S/C30H39N5O5S/c1-30(2,15-16-34-17-18-35(29(34)37)25-12-10-24(31)11-13-25)32-20-27(36)23-9-14-28(26(19-23)33-41(3,38)39)40-21-22-7-5-4-6-8-22/h4-14,19,27,32-33,36H,15-18,20-21,31H2,1-3H3. The van der Waals surface area contributed by atoms with Gasteiger partial charge in [0, 0.05) is 43.1 Å². The molecule has 4 rings (SSSR count). The highest BCUT2D eigenvalue weighted by Crippen LogP contribution is 2.30. The van der Waals surface area contributed by atoms with Crippen molar-refractivity contribution in [3.8, 4) is 5.75 Å². The predicted octanol–water partition coefficient (Wildman–Crippen LogP) is 3.95. The molecule has 2 amide bonds. The minimum absolute atomic E-state index is 0.0360. The van der Waals surface area contributed by atoms with Crippen LogP contribution in [-0.2, 0) is 16.6 Å². The fourth-order valence-corrected chi connectivity index (χ4v) is 5.13. The van der Waals surface area contributed by atoms with Crippen LogP contribution in [0, 0.1) is 0 Å². The molecule has 0 aromatic heterocycles. The molecule has 220 valence electrons. The number of nitrogens with zero attached hydrogens (tertiary/aromatic N) is 2. The number of rotatable bonds is 13. The Bertz CT molecular complexity index is 1430. The number of anilines is 3. The molecule has 0 bridgehead atoms. The highest BCUT2D eigenvalue weighted by atomic mass is 32.2. The van der Waals surface area contributed by atoms with E-state index in [1.807, 2.05) is 61.2 Å². The number of nitrogens with one attached hydrogen (secondary N) is 2. The molecule has 1 heterocycles. The van der Waals surface area contributed by atoms with Crippen LogP contribution in [0.3, 0.4) is 0 Å². The van der Waals surface area contributed by atoms with Crippen LogP contribution in [0.1, 0.15) is 37.5 Å². The van der Waals surface area contributed by atoms with Crippen LogP contribution < -0.4 is 25.4 Å². The quantitative estimate of drug-likeness (QED) is 0.224. The summed E-state index contributed by atoms with van der Waals surface area (Å²) in [4.78, 5) is 16.5. The number of nitrogen functional groups attached to an aromatic ring is 1. The number of hydrogen-bond donors (Lipinski definition) is 4. The summed E-state index contributed by atoms with van der Waals surface area (Å²) in [6.07, 6.45) is 0.849. The lowest BCUT2D eigenvalue weighted by molar-refractivity contribution is 0.156. The van der Waals surface area contributed by atoms with Crippen LogP contribution in [0.25, 0.3) is 0 Å². The molecule has 10 nitrogen and oxygen atoms in total. The first kappa shape index (κ1) is 30.2. The van der Waals surface area contributed by atoms with E-state index in [0.717, 1.165) is 17.5 Å². The van der Waals surface area contributed by atoms with E-state index in [9.17, 15) is 18.3 Å². The van der Waals surface area contributed by atoms with Gasteiger partial charge in [-0.25, -0.2) is 13.2 Å². The molecule has 1 atom stereocenters. The first-order chi connectivity index (χ1) is 19.4. The zero-order chi connectivity index (χ0) is 29.6. The lowest BCUT2D eigenvalue weighted by Crippen LogP contribution is -2.44. The molecule has 0 spiro atoms. The van der Waals surface area contributed by atoms with Crippen molar-refractivity contribution in [1.29, 1.82) is 0 Å². The largest absolute Gasteiger partial charge is 0.487 e. The summed E-state index contributed by atoms with van der Waals surface area (Å²) in [5.41, 5.74) is 8.63. The minimum Gasteiger partial charge on any atom is -0.487 e. The topological polar surface area (TPSA) is 137 Å². The molecular weight excluding hydrogens is 542 g/mol. The van der Waals surface area contributed by atoms with Crippen LogP contribution in [0.5, 0.6) is 5.75 Å². The number of sulfonamides is 1. The van der Waals surface area contributed by atoms with Crippen LogP contribution >= 0.6 is 0 Å². The van der Waals surface area contributed by atoms with Gasteiger partial charge < -0.3 is 25.8 Å².